The summed E-state index contributed by atoms with van der Waals surface area (Å²) in [7, 11) is -3.48. The van der Waals surface area contributed by atoms with Gasteiger partial charge in [0.05, 0.1) is 12.5 Å². The lowest BCUT2D eigenvalue weighted by atomic mass is 10.1. The van der Waals surface area contributed by atoms with Crippen LogP contribution in [0.5, 0.6) is 0 Å². The second-order valence-corrected chi connectivity index (χ2v) is 5.96. The van der Waals surface area contributed by atoms with Crippen LogP contribution < -0.4 is 10.0 Å². The summed E-state index contributed by atoms with van der Waals surface area (Å²) in [5.41, 5.74) is 1.38. The van der Waals surface area contributed by atoms with Crippen molar-refractivity contribution in [1.29, 1.82) is 5.26 Å². The zero-order chi connectivity index (χ0) is 13.7. The lowest BCUT2D eigenvalue weighted by molar-refractivity contribution is 0.362. The topological polar surface area (TPSA) is 85.2 Å². The van der Waals surface area contributed by atoms with Gasteiger partial charge in [0.15, 0.2) is 0 Å². The van der Waals surface area contributed by atoms with Gasteiger partial charge in [-0.05, 0) is 17.7 Å². The van der Waals surface area contributed by atoms with Crippen LogP contribution in [0.25, 0.3) is 0 Å². The van der Waals surface area contributed by atoms with Crippen molar-refractivity contribution in [3.05, 3.63) is 29.8 Å². The van der Waals surface area contributed by atoms with Crippen molar-refractivity contribution in [2.75, 3.05) is 30.9 Å². The molecule has 0 aromatic heterocycles. The predicted molar refractivity (Wildman–Crippen MR) is 72.7 cm³/mol. The average Bonchev–Trinajstić information content (AvgIpc) is 2.42. The minimum Gasteiger partial charge on any atom is -0.314 e. The van der Waals surface area contributed by atoms with Crippen LogP contribution in [-0.2, 0) is 16.6 Å². The third kappa shape index (κ3) is 3.67. The molecule has 2 rings (SSSR count). The van der Waals surface area contributed by atoms with E-state index in [2.05, 4.69) is 10.0 Å². The van der Waals surface area contributed by atoms with Gasteiger partial charge in [-0.2, -0.15) is 18.0 Å². The van der Waals surface area contributed by atoms with Gasteiger partial charge in [-0.25, -0.2) is 0 Å². The number of rotatable bonds is 4. The quantitative estimate of drug-likeness (QED) is 0.831. The molecule has 2 N–H and O–H groups in total. The smallest absolute Gasteiger partial charge is 0.301 e. The maximum absolute atomic E-state index is 12.1. The lowest BCUT2D eigenvalue weighted by Gasteiger charge is -2.26. The van der Waals surface area contributed by atoms with E-state index in [-0.39, 0.29) is 0 Å². The van der Waals surface area contributed by atoms with Crippen LogP contribution in [0.1, 0.15) is 5.56 Å². The molecule has 6 nitrogen and oxygen atoms in total. The summed E-state index contributed by atoms with van der Waals surface area (Å²) in [6.45, 7) is 2.29. The van der Waals surface area contributed by atoms with E-state index in [1.54, 1.807) is 24.3 Å². The molecule has 0 amide bonds. The van der Waals surface area contributed by atoms with Gasteiger partial charge in [-0.3, -0.25) is 4.72 Å². The van der Waals surface area contributed by atoms with E-state index in [0.29, 0.717) is 38.3 Å². The Morgan fingerprint density at radius 3 is 2.47 bits per heavy atom. The SMILES string of the molecule is N#CCc1ccc(NS(=O)(=O)N2CCNCC2)cc1. The Morgan fingerprint density at radius 2 is 1.89 bits per heavy atom. The van der Waals surface area contributed by atoms with Gasteiger partial charge in [0.1, 0.15) is 0 Å². The summed E-state index contributed by atoms with van der Waals surface area (Å²) in [5, 5.41) is 11.7. The van der Waals surface area contributed by atoms with Gasteiger partial charge < -0.3 is 5.32 Å². The van der Waals surface area contributed by atoms with Crippen LogP contribution in [0.3, 0.4) is 0 Å². The Kier molecular flexibility index (Phi) is 4.37. The molecule has 0 bridgehead atoms. The fraction of sp³-hybridized carbons (Fsp3) is 0.417. The first-order valence-electron chi connectivity index (χ1n) is 6.06. The molecule has 0 spiro atoms. The van der Waals surface area contributed by atoms with Crippen LogP contribution in [-0.4, -0.2) is 38.9 Å². The minimum atomic E-state index is -3.48. The van der Waals surface area contributed by atoms with E-state index in [9.17, 15) is 8.42 Å². The monoisotopic (exact) mass is 280 g/mol. The highest BCUT2D eigenvalue weighted by atomic mass is 32.2. The average molecular weight is 280 g/mol. The molecule has 1 aliphatic heterocycles. The van der Waals surface area contributed by atoms with Gasteiger partial charge >= 0.3 is 10.2 Å². The van der Waals surface area contributed by atoms with Crippen LogP contribution in [0, 0.1) is 11.3 Å². The normalized spacial score (nSPS) is 16.8. The van der Waals surface area contributed by atoms with Crippen molar-refractivity contribution in [3.63, 3.8) is 0 Å². The number of anilines is 1. The van der Waals surface area contributed by atoms with E-state index >= 15 is 0 Å². The number of nitriles is 1. The van der Waals surface area contributed by atoms with Gasteiger partial charge in [-0.1, -0.05) is 12.1 Å². The summed E-state index contributed by atoms with van der Waals surface area (Å²) in [4.78, 5) is 0. The van der Waals surface area contributed by atoms with Crippen LogP contribution in [0.15, 0.2) is 24.3 Å². The van der Waals surface area contributed by atoms with E-state index in [4.69, 9.17) is 5.26 Å². The molecular weight excluding hydrogens is 264 g/mol. The van der Waals surface area contributed by atoms with Crippen molar-refractivity contribution in [1.82, 2.24) is 9.62 Å². The van der Waals surface area contributed by atoms with Crippen molar-refractivity contribution in [2.45, 2.75) is 6.42 Å². The van der Waals surface area contributed by atoms with E-state index in [1.165, 1.54) is 4.31 Å². The Labute approximate surface area is 113 Å². The first-order valence-corrected chi connectivity index (χ1v) is 7.50. The highest BCUT2D eigenvalue weighted by Gasteiger charge is 2.23. The molecular formula is C12H16N4O2S. The fourth-order valence-electron chi connectivity index (χ4n) is 1.88. The summed E-state index contributed by atoms with van der Waals surface area (Å²) in [5.74, 6) is 0. The summed E-state index contributed by atoms with van der Waals surface area (Å²) in [6.07, 6.45) is 0.324. The molecule has 1 fully saturated rings. The number of nitrogens with one attached hydrogen (secondary N) is 2. The highest BCUT2D eigenvalue weighted by molar-refractivity contribution is 7.90. The molecule has 1 aliphatic rings. The predicted octanol–water partition coefficient (Wildman–Crippen LogP) is 0.315. The zero-order valence-electron chi connectivity index (χ0n) is 10.5. The number of piperazine rings is 1. The summed E-state index contributed by atoms with van der Waals surface area (Å²) in [6, 6.07) is 8.89. The van der Waals surface area contributed by atoms with E-state index < -0.39 is 10.2 Å². The summed E-state index contributed by atoms with van der Waals surface area (Å²) >= 11 is 0. The summed E-state index contributed by atoms with van der Waals surface area (Å²) < 4.78 is 28.2. The number of benzene rings is 1. The first kappa shape index (κ1) is 13.8. The van der Waals surface area contributed by atoms with Crippen molar-refractivity contribution in [3.8, 4) is 6.07 Å². The van der Waals surface area contributed by atoms with Crippen molar-refractivity contribution < 1.29 is 8.42 Å². The molecule has 0 radical (unpaired) electrons. The van der Waals surface area contributed by atoms with Crippen LogP contribution in [0.2, 0.25) is 0 Å². The second-order valence-electron chi connectivity index (χ2n) is 4.29. The molecule has 19 heavy (non-hydrogen) atoms. The second kappa shape index (κ2) is 6.02. The molecule has 0 unspecified atom stereocenters. The Bertz CT molecular complexity index is 556. The third-order valence-corrected chi connectivity index (χ3v) is 4.44. The molecule has 0 aliphatic carbocycles. The van der Waals surface area contributed by atoms with Gasteiger partial charge in [-0.15, -0.1) is 0 Å². The maximum atomic E-state index is 12.1. The first-order chi connectivity index (χ1) is 9.12. The molecule has 102 valence electrons. The number of nitrogens with zero attached hydrogens (tertiary/aromatic N) is 2. The van der Waals surface area contributed by atoms with Gasteiger partial charge in [0.25, 0.3) is 0 Å². The van der Waals surface area contributed by atoms with Crippen LogP contribution >= 0.6 is 0 Å². The third-order valence-electron chi connectivity index (χ3n) is 2.90. The minimum absolute atomic E-state index is 0.324. The van der Waals surface area contributed by atoms with Crippen molar-refractivity contribution in [2.24, 2.45) is 0 Å². The van der Waals surface area contributed by atoms with Gasteiger partial charge in [0.2, 0.25) is 0 Å². The number of hydrogen-bond acceptors (Lipinski definition) is 4. The molecule has 1 aromatic rings. The van der Waals surface area contributed by atoms with E-state index in [0.717, 1.165) is 5.56 Å². The fourth-order valence-corrected chi connectivity index (χ4v) is 3.11. The maximum Gasteiger partial charge on any atom is 0.301 e. The number of hydrogen-bond donors (Lipinski definition) is 2. The standard InChI is InChI=1S/C12H16N4O2S/c13-6-5-11-1-3-12(4-2-11)15-19(17,18)16-9-7-14-8-10-16/h1-4,14-15H,5,7-10H2. The van der Waals surface area contributed by atoms with Gasteiger partial charge in [0, 0.05) is 31.9 Å². The Morgan fingerprint density at radius 1 is 1.26 bits per heavy atom. The molecule has 0 saturated carbocycles. The molecule has 1 saturated heterocycles. The molecule has 0 atom stereocenters. The Balaban J connectivity index is 2.05. The highest BCUT2D eigenvalue weighted by Crippen LogP contribution is 2.13. The zero-order valence-corrected chi connectivity index (χ0v) is 11.3. The van der Waals surface area contributed by atoms with Crippen LogP contribution in [0.4, 0.5) is 5.69 Å². The molecule has 1 aromatic carbocycles. The largest absolute Gasteiger partial charge is 0.314 e. The molecule has 7 heteroatoms. The van der Waals surface area contributed by atoms with Crippen molar-refractivity contribution >= 4 is 15.9 Å². The Hall–Kier alpha value is -1.62. The van der Waals surface area contributed by atoms with E-state index in [1.807, 2.05) is 6.07 Å². The molecule has 1 heterocycles. The lowest BCUT2D eigenvalue weighted by Crippen LogP contribution is -2.48.